The van der Waals surface area contributed by atoms with Crippen LogP contribution in [0, 0.1) is 0 Å². The van der Waals surface area contributed by atoms with Crippen molar-refractivity contribution in [2.45, 2.75) is 43.0 Å². The fraction of sp³-hybridized carbons (Fsp3) is 0.600. The van der Waals surface area contributed by atoms with Crippen molar-refractivity contribution in [1.29, 1.82) is 0 Å². The molecule has 2 rings (SSSR count). The minimum atomic E-state index is -3.50. The molecule has 7 nitrogen and oxygen atoms in total. The van der Waals surface area contributed by atoms with Gasteiger partial charge in [0.1, 0.15) is 4.90 Å². The molecule has 0 bridgehead atoms. The van der Waals surface area contributed by atoms with E-state index in [9.17, 15) is 8.42 Å². The summed E-state index contributed by atoms with van der Waals surface area (Å²) in [5.41, 5.74) is 0. The standard InChI is InChI=1S/C15H25N5O2S.HI/c1-16-15(20-13-6-3-2-4-7-13)18-10-11-19-23(21,22)14-8-5-9-17-12-14;/h5,8-9,12-13,19H,2-4,6-7,10-11H2,1H3,(H2,16,18,20);1H. The van der Waals surface area contributed by atoms with E-state index in [-0.39, 0.29) is 35.4 Å². The highest BCUT2D eigenvalue weighted by Gasteiger charge is 2.15. The van der Waals surface area contributed by atoms with Gasteiger partial charge in [-0.05, 0) is 25.0 Å². The molecule has 0 atom stereocenters. The van der Waals surface area contributed by atoms with Crippen LogP contribution in [0.5, 0.6) is 0 Å². The summed E-state index contributed by atoms with van der Waals surface area (Å²) in [6, 6.07) is 3.58. The maximum atomic E-state index is 12.0. The predicted octanol–water partition coefficient (Wildman–Crippen LogP) is 1.48. The maximum Gasteiger partial charge on any atom is 0.242 e. The molecule has 1 aromatic heterocycles. The van der Waals surface area contributed by atoms with Gasteiger partial charge in [0, 0.05) is 38.6 Å². The Balaban J connectivity index is 0.00000288. The summed E-state index contributed by atoms with van der Waals surface area (Å²) in [5.74, 6) is 0.720. The van der Waals surface area contributed by atoms with Crippen molar-refractivity contribution in [3.63, 3.8) is 0 Å². The third kappa shape index (κ3) is 6.89. The largest absolute Gasteiger partial charge is 0.355 e. The molecule has 1 saturated carbocycles. The lowest BCUT2D eigenvalue weighted by Crippen LogP contribution is -2.46. The highest BCUT2D eigenvalue weighted by atomic mass is 127. The van der Waals surface area contributed by atoms with Gasteiger partial charge in [-0.3, -0.25) is 9.98 Å². The molecule has 0 radical (unpaired) electrons. The summed E-state index contributed by atoms with van der Waals surface area (Å²) >= 11 is 0. The van der Waals surface area contributed by atoms with Crippen LogP contribution in [-0.4, -0.2) is 45.5 Å². The molecule has 1 fully saturated rings. The van der Waals surface area contributed by atoms with Crippen molar-refractivity contribution in [2.24, 2.45) is 4.99 Å². The van der Waals surface area contributed by atoms with Crippen molar-refractivity contribution in [1.82, 2.24) is 20.3 Å². The topological polar surface area (TPSA) is 95.5 Å². The van der Waals surface area contributed by atoms with Gasteiger partial charge in [0.05, 0.1) is 0 Å². The Morgan fingerprint density at radius 1 is 1.29 bits per heavy atom. The van der Waals surface area contributed by atoms with Gasteiger partial charge in [0.2, 0.25) is 10.0 Å². The Morgan fingerprint density at radius 3 is 2.67 bits per heavy atom. The third-order valence-corrected chi connectivity index (χ3v) is 5.27. The van der Waals surface area contributed by atoms with E-state index >= 15 is 0 Å². The Labute approximate surface area is 161 Å². The molecule has 0 saturated heterocycles. The first-order valence-corrected chi connectivity index (χ1v) is 9.47. The number of nitrogens with zero attached hydrogens (tertiary/aromatic N) is 2. The molecule has 0 amide bonds. The number of aliphatic imine (C=N–C) groups is 1. The minimum absolute atomic E-state index is 0. The number of hydrogen-bond donors (Lipinski definition) is 3. The molecular weight excluding hydrogens is 441 g/mol. The number of sulfonamides is 1. The van der Waals surface area contributed by atoms with Crippen LogP contribution in [0.3, 0.4) is 0 Å². The lowest BCUT2D eigenvalue weighted by molar-refractivity contribution is 0.410. The molecular formula is C15H26IN5O2S. The van der Waals surface area contributed by atoms with Crippen molar-refractivity contribution >= 4 is 40.0 Å². The van der Waals surface area contributed by atoms with E-state index in [4.69, 9.17) is 0 Å². The van der Waals surface area contributed by atoms with Crippen LogP contribution in [-0.2, 0) is 10.0 Å². The number of rotatable bonds is 6. The zero-order chi connectivity index (χ0) is 16.5. The molecule has 1 heterocycles. The van der Waals surface area contributed by atoms with Gasteiger partial charge in [-0.1, -0.05) is 19.3 Å². The van der Waals surface area contributed by atoms with Crippen molar-refractivity contribution in [3.05, 3.63) is 24.5 Å². The molecule has 0 aromatic carbocycles. The quantitative estimate of drug-likeness (QED) is 0.255. The Kier molecular flexibility index (Phi) is 9.52. The minimum Gasteiger partial charge on any atom is -0.355 e. The van der Waals surface area contributed by atoms with Crippen LogP contribution in [0.2, 0.25) is 0 Å². The highest BCUT2D eigenvalue weighted by Crippen LogP contribution is 2.17. The predicted molar refractivity (Wildman–Crippen MR) is 106 cm³/mol. The molecule has 3 N–H and O–H groups in total. The SMILES string of the molecule is CN=C(NCCNS(=O)(=O)c1cccnc1)NC1CCCCC1.I. The molecule has 0 aliphatic heterocycles. The number of nitrogens with one attached hydrogen (secondary N) is 3. The van der Waals surface area contributed by atoms with E-state index in [1.807, 2.05) is 0 Å². The normalized spacial score (nSPS) is 16.3. The summed E-state index contributed by atoms with van der Waals surface area (Å²) < 4.78 is 26.6. The van der Waals surface area contributed by atoms with Crippen LogP contribution in [0.25, 0.3) is 0 Å². The second-order valence-electron chi connectivity index (χ2n) is 5.56. The fourth-order valence-electron chi connectivity index (χ4n) is 2.59. The van der Waals surface area contributed by atoms with E-state index < -0.39 is 10.0 Å². The van der Waals surface area contributed by atoms with Gasteiger partial charge in [0.15, 0.2) is 5.96 Å². The lowest BCUT2D eigenvalue weighted by atomic mass is 9.96. The van der Waals surface area contributed by atoms with E-state index in [2.05, 4.69) is 25.3 Å². The summed E-state index contributed by atoms with van der Waals surface area (Å²) in [5, 5.41) is 6.52. The van der Waals surface area contributed by atoms with Gasteiger partial charge < -0.3 is 10.6 Å². The molecule has 1 aromatic rings. The zero-order valence-electron chi connectivity index (χ0n) is 13.9. The number of pyridine rings is 1. The fourth-order valence-corrected chi connectivity index (χ4v) is 3.59. The van der Waals surface area contributed by atoms with Crippen LogP contribution in [0.15, 0.2) is 34.4 Å². The zero-order valence-corrected chi connectivity index (χ0v) is 17.0. The lowest BCUT2D eigenvalue weighted by Gasteiger charge is -2.24. The molecule has 9 heteroatoms. The van der Waals surface area contributed by atoms with E-state index in [0.717, 1.165) is 18.8 Å². The summed E-state index contributed by atoms with van der Waals surface area (Å²) in [6.45, 7) is 0.745. The van der Waals surface area contributed by atoms with Crippen molar-refractivity contribution in [3.8, 4) is 0 Å². The Bertz CT molecular complexity index is 604. The van der Waals surface area contributed by atoms with Gasteiger partial charge in [-0.15, -0.1) is 24.0 Å². The molecule has 1 aliphatic carbocycles. The second kappa shape index (κ2) is 10.8. The first-order chi connectivity index (χ1) is 11.1. The third-order valence-electron chi connectivity index (χ3n) is 3.82. The smallest absolute Gasteiger partial charge is 0.242 e. The van der Waals surface area contributed by atoms with Gasteiger partial charge in [-0.25, -0.2) is 13.1 Å². The first kappa shape index (κ1) is 21.1. The summed E-state index contributed by atoms with van der Waals surface area (Å²) in [4.78, 5) is 8.17. The molecule has 24 heavy (non-hydrogen) atoms. The average Bonchev–Trinajstić information content (AvgIpc) is 2.59. The number of hydrogen-bond acceptors (Lipinski definition) is 4. The van der Waals surface area contributed by atoms with Crippen LogP contribution < -0.4 is 15.4 Å². The van der Waals surface area contributed by atoms with Crippen molar-refractivity contribution < 1.29 is 8.42 Å². The number of guanidine groups is 1. The van der Waals surface area contributed by atoms with Crippen LogP contribution in [0.1, 0.15) is 32.1 Å². The van der Waals surface area contributed by atoms with E-state index in [1.54, 1.807) is 19.3 Å². The number of halogens is 1. The Hall–Kier alpha value is -0.940. The maximum absolute atomic E-state index is 12.0. The van der Waals surface area contributed by atoms with Gasteiger partial charge in [-0.2, -0.15) is 0 Å². The monoisotopic (exact) mass is 467 g/mol. The van der Waals surface area contributed by atoms with E-state index in [1.165, 1.54) is 31.5 Å². The van der Waals surface area contributed by atoms with E-state index in [0.29, 0.717) is 12.6 Å². The summed E-state index contributed by atoms with van der Waals surface area (Å²) in [7, 11) is -1.78. The average molecular weight is 467 g/mol. The molecule has 1 aliphatic rings. The highest BCUT2D eigenvalue weighted by molar-refractivity contribution is 14.0. The summed E-state index contributed by atoms with van der Waals surface area (Å²) in [6.07, 6.45) is 9.00. The Morgan fingerprint density at radius 2 is 2.04 bits per heavy atom. The molecule has 0 unspecified atom stereocenters. The second-order valence-corrected chi connectivity index (χ2v) is 7.33. The van der Waals surface area contributed by atoms with Crippen molar-refractivity contribution in [2.75, 3.05) is 20.1 Å². The molecule has 0 spiro atoms. The van der Waals surface area contributed by atoms with Gasteiger partial charge >= 0.3 is 0 Å². The van der Waals surface area contributed by atoms with Crippen LogP contribution >= 0.6 is 24.0 Å². The number of aromatic nitrogens is 1. The van der Waals surface area contributed by atoms with Crippen LogP contribution in [0.4, 0.5) is 0 Å². The molecule has 136 valence electrons. The van der Waals surface area contributed by atoms with Gasteiger partial charge in [0.25, 0.3) is 0 Å². The first-order valence-electron chi connectivity index (χ1n) is 7.99.